The van der Waals surface area contributed by atoms with E-state index in [-0.39, 0.29) is 11.4 Å². The minimum atomic E-state index is -1.08. The van der Waals surface area contributed by atoms with Gasteiger partial charge < -0.3 is 16.0 Å². The van der Waals surface area contributed by atoms with Crippen LogP contribution < -0.4 is 11.1 Å². The summed E-state index contributed by atoms with van der Waals surface area (Å²) < 4.78 is 0. The first kappa shape index (κ1) is 15.5. The molecule has 1 aromatic carbocycles. The highest BCUT2D eigenvalue weighted by Gasteiger charge is 2.22. The maximum atomic E-state index is 12.0. The Hall–Kier alpha value is -2.87. The molecule has 0 spiro atoms. The number of nitrogens with one attached hydrogen (secondary N) is 2. The van der Waals surface area contributed by atoms with Crippen molar-refractivity contribution in [3.63, 3.8) is 0 Å². The van der Waals surface area contributed by atoms with Gasteiger partial charge in [0, 0.05) is 11.1 Å². The number of halogens is 1. The van der Waals surface area contributed by atoms with Crippen molar-refractivity contribution in [1.82, 2.24) is 10.3 Å². The molecule has 0 saturated heterocycles. The van der Waals surface area contributed by atoms with Crippen LogP contribution in [0.25, 0.3) is 0 Å². The molecular weight excluding hydrogens is 312 g/mol. The van der Waals surface area contributed by atoms with Gasteiger partial charge in [0.25, 0.3) is 11.6 Å². The maximum Gasteiger partial charge on any atom is 0.287 e. The molecule has 22 heavy (non-hydrogen) atoms. The van der Waals surface area contributed by atoms with E-state index in [1.807, 2.05) is 0 Å². The number of nitro groups is 1. The number of carbonyl (C=O) groups is 2. The summed E-state index contributed by atoms with van der Waals surface area (Å²) in [7, 11) is 0. The third-order valence-electron chi connectivity index (χ3n) is 2.89. The van der Waals surface area contributed by atoms with Gasteiger partial charge in [-0.2, -0.15) is 0 Å². The number of aromatic nitrogens is 1. The van der Waals surface area contributed by atoms with Crippen LogP contribution in [0.15, 0.2) is 36.5 Å². The summed E-state index contributed by atoms with van der Waals surface area (Å²) in [5.74, 6) is -1.46. The molecule has 0 radical (unpaired) electrons. The second-order valence-electron chi connectivity index (χ2n) is 4.39. The Morgan fingerprint density at radius 3 is 2.45 bits per heavy atom. The van der Waals surface area contributed by atoms with Crippen LogP contribution in [0.1, 0.15) is 22.1 Å². The molecule has 0 aliphatic heterocycles. The van der Waals surface area contributed by atoms with Crippen LogP contribution in [0.3, 0.4) is 0 Å². The lowest BCUT2D eigenvalue weighted by molar-refractivity contribution is -0.384. The summed E-state index contributed by atoms with van der Waals surface area (Å²) >= 11 is 5.76. The molecule has 2 amide bonds. The number of hydrogen-bond acceptors (Lipinski definition) is 4. The van der Waals surface area contributed by atoms with Crippen LogP contribution in [0.2, 0.25) is 5.02 Å². The maximum absolute atomic E-state index is 12.0. The van der Waals surface area contributed by atoms with E-state index in [9.17, 15) is 19.7 Å². The minimum absolute atomic E-state index is 0.0492. The minimum Gasteiger partial charge on any atom is -0.368 e. The quantitative estimate of drug-likeness (QED) is 0.569. The summed E-state index contributed by atoms with van der Waals surface area (Å²) in [6, 6.07) is 6.20. The number of primary amides is 1. The van der Waals surface area contributed by atoms with E-state index in [2.05, 4.69) is 10.3 Å². The Labute approximate surface area is 129 Å². The monoisotopic (exact) mass is 322 g/mol. The number of nitrogens with zero attached hydrogens (tertiary/aromatic N) is 1. The lowest BCUT2D eigenvalue weighted by atomic mass is 10.1. The molecule has 2 aromatic rings. The van der Waals surface area contributed by atoms with E-state index >= 15 is 0 Å². The first-order valence-electron chi connectivity index (χ1n) is 6.07. The topological polar surface area (TPSA) is 131 Å². The van der Waals surface area contributed by atoms with Gasteiger partial charge in [-0.05, 0) is 17.7 Å². The molecule has 4 N–H and O–H groups in total. The van der Waals surface area contributed by atoms with E-state index in [0.717, 1.165) is 12.3 Å². The number of nitrogens with two attached hydrogens (primary N) is 1. The normalized spacial score (nSPS) is 11.7. The highest BCUT2D eigenvalue weighted by molar-refractivity contribution is 6.30. The largest absolute Gasteiger partial charge is 0.368 e. The predicted octanol–water partition coefficient (Wildman–Crippen LogP) is 1.53. The third-order valence-corrected chi connectivity index (χ3v) is 3.14. The van der Waals surface area contributed by atoms with Gasteiger partial charge in [-0.1, -0.05) is 23.7 Å². The van der Waals surface area contributed by atoms with E-state index in [1.165, 1.54) is 0 Å². The highest BCUT2D eigenvalue weighted by atomic mass is 35.5. The fraction of sp³-hybridized carbons (Fsp3) is 0.0769. The second-order valence-corrected chi connectivity index (χ2v) is 4.83. The van der Waals surface area contributed by atoms with Crippen molar-refractivity contribution in [2.45, 2.75) is 6.04 Å². The van der Waals surface area contributed by atoms with Crippen LogP contribution in [0, 0.1) is 10.1 Å². The first-order valence-corrected chi connectivity index (χ1v) is 6.44. The SMILES string of the molecule is NC(=O)[C@@H](NC(=O)c1cc([N+](=O)[O-])c[nH]1)c1ccc(Cl)cc1. The molecule has 1 heterocycles. The molecule has 2 rings (SSSR count). The first-order chi connectivity index (χ1) is 10.4. The molecule has 0 aliphatic carbocycles. The predicted molar refractivity (Wildman–Crippen MR) is 78.3 cm³/mol. The highest BCUT2D eigenvalue weighted by Crippen LogP contribution is 2.18. The average molecular weight is 323 g/mol. The Balaban J connectivity index is 2.20. The zero-order valence-electron chi connectivity index (χ0n) is 11.1. The number of aromatic amines is 1. The van der Waals surface area contributed by atoms with Crippen molar-refractivity contribution < 1.29 is 14.5 Å². The fourth-order valence-corrected chi connectivity index (χ4v) is 1.93. The van der Waals surface area contributed by atoms with Gasteiger partial charge in [0.15, 0.2) is 0 Å². The molecule has 0 saturated carbocycles. The van der Waals surface area contributed by atoms with Gasteiger partial charge in [-0.25, -0.2) is 0 Å². The lowest BCUT2D eigenvalue weighted by Gasteiger charge is -2.15. The van der Waals surface area contributed by atoms with Crippen LogP contribution in [0.5, 0.6) is 0 Å². The van der Waals surface area contributed by atoms with Crippen molar-refractivity contribution in [2.24, 2.45) is 5.73 Å². The summed E-state index contributed by atoms with van der Waals surface area (Å²) in [6.07, 6.45) is 1.08. The van der Waals surface area contributed by atoms with Gasteiger partial charge in [0.05, 0.1) is 11.1 Å². The number of benzene rings is 1. The molecule has 1 atom stereocenters. The Morgan fingerprint density at radius 1 is 1.32 bits per heavy atom. The smallest absolute Gasteiger partial charge is 0.287 e. The fourth-order valence-electron chi connectivity index (χ4n) is 1.80. The molecule has 0 unspecified atom stereocenters. The zero-order chi connectivity index (χ0) is 16.3. The summed E-state index contributed by atoms with van der Waals surface area (Å²) in [6.45, 7) is 0. The molecule has 1 aromatic heterocycles. The van der Waals surface area contributed by atoms with Crippen LogP contribution >= 0.6 is 11.6 Å². The lowest BCUT2D eigenvalue weighted by Crippen LogP contribution is -2.37. The molecule has 0 bridgehead atoms. The van der Waals surface area contributed by atoms with Crippen LogP contribution in [0.4, 0.5) is 5.69 Å². The zero-order valence-corrected chi connectivity index (χ0v) is 11.8. The molecule has 9 heteroatoms. The Bertz CT molecular complexity index is 726. The Morgan fingerprint density at radius 2 is 1.95 bits per heavy atom. The standard InChI is InChI=1S/C13H11ClN4O4/c14-8-3-1-7(2-4-8)11(12(15)19)17-13(20)10-5-9(6-16-10)18(21)22/h1-6,11,16H,(H2,15,19)(H,17,20)/t11-/m0/s1. The van der Waals surface area contributed by atoms with Gasteiger partial charge in [0.1, 0.15) is 11.7 Å². The number of hydrogen-bond donors (Lipinski definition) is 3. The van der Waals surface area contributed by atoms with Gasteiger partial charge in [0.2, 0.25) is 5.91 Å². The van der Waals surface area contributed by atoms with Crippen molar-refractivity contribution in [2.75, 3.05) is 0 Å². The summed E-state index contributed by atoms with van der Waals surface area (Å²) in [4.78, 5) is 36.0. The summed E-state index contributed by atoms with van der Waals surface area (Å²) in [5.41, 5.74) is 5.43. The summed E-state index contributed by atoms with van der Waals surface area (Å²) in [5, 5.41) is 13.5. The van der Waals surface area contributed by atoms with Crippen molar-refractivity contribution in [3.05, 3.63) is 62.9 Å². The van der Waals surface area contributed by atoms with Crippen molar-refractivity contribution in [1.29, 1.82) is 0 Å². The van der Waals surface area contributed by atoms with Crippen molar-refractivity contribution in [3.8, 4) is 0 Å². The molecule has 0 fully saturated rings. The van der Waals surface area contributed by atoms with Gasteiger partial charge in [-0.15, -0.1) is 0 Å². The number of amides is 2. The molecule has 8 nitrogen and oxygen atoms in total. The Kier molecular flexibility index (Phi) is 4.42. The molecule has 114 valence electrons. The number of carbonyl (C=O) groups excluding carboxylic acids is 2. The molecular formula is C13H11ClN4O4. The average Bonchev–Trinajstić information content (AvgIpc) is 2.95. The van der Waals surface area contributed by atoms with E-state index in [1.54, 1.807) is 24.3 Å². The second kappa shape index (κ2) is 6.27. The van der Waals surface area contributed by atoms with Crippen LogP contribution in [-0.2, 0) is 4.79 Å². The van der Waals surface area contributed by atoms with E-state index in [0.29, 0.717) is 10.6 Å². The van der Waals surface area contributed by atoms with Crippen LogP contribution in [-0.4, -0.2) is 21.7 Å². The number of rotatable bonds is 5. The van der Waals surface area contributed by atoms with Crippen molar-refractivity contribution >= 4 is 29.1 Å². The third kappa shape index (κ3) is 3.41. The van der Waals surface area contributed by atoms with Gasteiger partial charge >= 0.3 is 0 Å². The van der Waals surface area contributed by atoms with E-state index in [4.69, 9.17) is 17.3 Å². The van der Waals surface area contributed by atoms with E-state index < -0.39 is 22.8 Å². The molecule has 0 aliphatic rings. The number of H-pyrrole nitrogens is 1. The van der Waals surface area contributed by atoms with Gasteiger partial charge in [-0.3, -0.25) is 19.7 Å².